The van der Waals surface area contributed by atoms with Crippen LogP contribution in [-0.4, -0.2) is 34.3 Å². The molecule has 0 bridgehead atoms. The molecule has 17 heavy (non-hydrogen) atoms. The first-order valence-corrected chi connectivity index (χ1v) is 6.61. The van der Waals surface area contributed by atoms with Gasteiger partial charge in [0.2, 0.25) is 0 Å². The quantitative estimate of drug-likeness (QED) is 0.888. The lowest BCUT2D eigenvalue weighted by molar-refractivity contribution is 0.0843. The number of carbonyl (C=O) groups excluding carboxylic acids is 2. The van der Waals surface area contributed by atoms with Gasteiger partial charge in [0.15, 0.2) is 11.6 Å². The largest absolute Gasteiger partial charge is 0.396 e. The molecule has 3 nitrogen and oxygen atoms in total. The number of carbonyl (C=O) groups is 2. The van der Waals surface area contributed by atoms with E-state index in [1.807, 2.05) is 0 Å². The second-order valence-electron chi connectivity index (χ2n) is 4.08. The van der Waals surface area contributed by atoms with Crippen molar-refractivity contribution in [2.75, 3.05) is 12.4 Å². The standard InChI is InChI=1S/C13H14O3S/c1-8-11(15)9-4-2-3-5-10(9)12(16)13(8)17-7-6-14/h2-5,8,13-14H,6-7H2,1H3. The third-order valence-corrected chi connectivity index (χ3v) is 4.37. The summed E-state index contributed by atoms with van der Waals surface area (Å²) in [5, 5.41) is 8.46. The second-order valence-corrected chi connectivity index (χ2v) is 5.33. The van der Waals surface area contributed by atoms with Crippen molar-refractivity contribution in [3.05, 3.63) is 35.4 Å². The summed E-state index contributed by atoms with van der Waals surface area (Å²) < 4.78 is 0. The number of benzene rings is 1. The molecule has 0 fully saturated rings. The van der Waals surface area contributed by atoms with Gasteiger partial charge in [0, 0.05) is 22.8 Å². The summed E-state index contributed by atoms with van der Waals surface area (Å²) in [4.78, 5) is 24.3. The Balaban J connectivity index is 2.36. The van der Waals surface area contributed by atoms with E-state index in [0.717, 1.165) is 0 Å². The van der Waals surface area contributed by atoms with Crippen molar-refractivity contribution in [1.82, 2.24) is 0 Å². The zero-order chi connectivity index (χ0) is 12.4. The highest BCUT2D eigenvalue weighted by atomic mass is 32.2. The Morgan fingerprint density at radius 3 is 2.35 bits per heavy atom. The van der Waals surface area contributed by atoms with Crippen LogP contribution in [0.1, 0.15) is 27.6 Å². The number of aliphatic hydroxyl groups is 1. The normalized spacial score (nSPS) is 23.6. The van der Waals surface area contributed by atoms with Crippen LogP contribution < -0.4 is 0 Å². The fourth-order valence-corrected chi connectivity index (χ4v) is 3.13. The predicted octanol–water partition coefficient (Wildman–Crippen LogP) is 1.80. The van der Waals surface area contributed by atoms with E-state index in [1.54, 1.807) is 31.2 Å². The molecule has 1 N–H and O–H groups in total. The van der Waals surface area contributed by atoms with E-state index in [4.69, 9.17) is 5.11 Å². The van der Waals surface area contributed by atoms with Gasteiger partial charge in [0.05, 0.1) is 11.9 Å². The van der Waals surface area contributed by atoms with Gasteiger partial charge in [-0.05, 0) is 0 Å². The molecule has 2 atom stereocenters. The van der Waals surface area contributed by atoms with Gasteiger partial charge >= 0.3 is 0 Å². The van der Waals surface area contributed by atoms with Crippen molar-refractivity contribution in [1.29, 1.82) is 0 Å². The highest BCUT2D eigenvalue weighted by Gasteiger charge is 2.38. The van der Waals surface area contributed by atoms with E-state index in [1.165, 1.54) is 11.8 Å². The highest BCUT2D eigenvalue weighted by molar-refractivity contribution is 8.00. The van der Waals surface area contributed by atoms with Crippen LogP contribution in [0.2, 0.25) is 0 Å². The molecular formula is C13H14O3S. The van der Waals surface area contributed by atoms with E-state index in [0.29, 0.717) is 16.9 Å². The summed E-state index contributed by atoms with van der Waals surface area (Å²) in [6.45, 7) is 1.81. The molecule has 0 spiro atoms. The van der Waals surface area contributed by atoms with Crippen LogP contribution in [0.15, 0.2) is 24.3 Å². The molecule has 1 aliphatic rings. The number of hydrogen-bond acceptors (Lipinski definition) is 4. The maximum atomic E-state index is 12.2. The number of aliphatic hydroxyl groups excluding tert-OH is 1. The Morgan fingerprint density at radius 2 is 1.76 bits per heavy atom. The Morgan fingerprint density at radius 1 is 1.18 bits per heavy atom. The molecule has 90 valence electrons. The van der Waals surface area contributed by atoms with Gasteiger partial charge in [-0.3, -0.25) is 9.59 Å². The van der Waals surface area contributed by atoms with Crippen molar-refractivity contribution in [2.45, 2.75) is 12.2 Å². The van der Waals surface area contributed by atoms with E-state index in [2.05, 4.69) is 0 Å². The number of hydrogen-bond donors (Lipinski definition) is 1. The number of thioether (sulfide) groups is 1. The predicted molar refractivity (Wildman–Crippen MR) is 67.6 cm³/mol. The van der Waals surface area contributed by atoms with Crippen molar-refractivity contribution in [3.63, 3.8) is 0 Å². The van der Waals surface area contributed by atoms with Crippen molar-refractivity contribution in [3.8, 4) is 0 Å². The molecule has 0 radical (unpaired) electrons. The minimum Gasteiger partial charge on any atom is -0.396 e. The van der Waals surface area contributed by atoms with Crippen LogP contribution >= 0.6 is 11.8 Å². The summed E-state index contributed by atoms with van der Waals surface area (Å²) >= 11 is 1.36. The summed E-state index contributed by atoms with van der Waals surface area (Å²) in [5.41, 5.74) is 1.05. The van der Waals surface area contributed by atoms with Gasteiger partial charge in [0.1, 0.15) is 0 Å². The van der Waals surface area contributed by atoms with Crippen molar-refractivity contribution >= 4 is 23.3 Å². The minimum absolute atomic E-state index is 0.00569. The first-order chi connectivity index (χ1) is 8.16. The lowest BCUT2D eigenvalue weighted by Gasteiger charge is -2.27. The topological polar surface area (TPSA) is 54.4 Å². The summed E-state index contributed by atoms with van der Waals surface area (Å²) in [5.74, 6) is 0.201. The summed E-state index contributed by atoms with van der Waals surface area (Å²) in [6.07, 6.45) is 0. The zero-order valence-electron chi connectivity index (χ0n) is 9.55. The Bertz CT molecular complexity index is 456. The van der Waals surface area contributed by atoms with Gasteiger partial charge in [-0.1, -0.05) is 31.2 Å². The van der Waals surface area contributed by atoms with Crippen LogP contribution in [0.25, 0.3) is 0 Å². The first kappa shape index (κ1) is 12.3. The maximum Gasteiger partial charge on any atom is 0.177 e. The number of fused-ring (bicyclic) bond motifs is 1. The first-order valence-electron chi connectivity index (χ1n) is 5.56. The second kappa shape index (κ2) is 5.02. The molecule has 4 heteroatoms. The average molecular weight is 250 g/mol. The van der Waals surface area contributed by atoms with Crippen LogP contribution in [0.3, 0.4) is 0 Å². The van der Waals surface area contributed by atoms with Gasteiger partial charge in [-0.25, -0.2) is 0 Å². The fraction of sp³-hybridized carbons (Fsp3) is 0.385. The Labute approximate surface area is 104 Å². The van der Waals surface area contributed by atoms with E-state index in [-0.39, 0.29) is 29.3 Å². The van der Waals surface area contributed by atoms with Gasteiger partial charge in [-0.15, -0.1) is 11.8 Å². The Hall–Kier alpha value is -1.13. The van der Waals surface area contributed by atoms with Gasteiger partial charge in [0.25, 0.3) is 0 Å². The molecule has 1 aliphatic carbocycles. The van der Waals surface area contributed by atoms with E-state index < -0.39 is 0 Å². The fourth-order valence-electron chi connectivity index (χ4n) is 2.08. The third-order valence-electron chi connectivity index (χ3n) is 2.97. The molecule has 0 saturated heterocycles. The molecule has 0 saturated carbocycles. The summed E-state index contributed by atoms with van der Waals surface area (Å²) in [7, 11) is 0. The monoisotopic (exact) mass is 250 g/mol. The smallest absolute Gasteiger partial charge is 0.177 e. The van der Waals surface area contributed by atoms with Crippen molar-refractivity contribution < 1.29 is 14.7 Å². The molecule has 0 heterocycles. The third kappa shape index (κ3) is 2.15. The van der Waals surface area contributed by atoms with Gasteiger partial charge in [-0.2, -0.15) is 0 Å². The van der Waals surface area contributed by atoms with E-state index in [9.17, 15) is 9.59 Å². The van der Waals surface area contributed by atoms with Crippen molar-refractivity contribution in [2.24, 2.45) is 5.92 Å². The SMILES string of the molecule is CC1C(=O)c2ccccc2C(=O)C1SCCO. The van der Waals surface area contributed by atoms with Crippen LogP contribution in [-0.2, 0) is 0 Å². The molecule has 1 aromatic carbocycles. The molecule has 0 amide bonds. The minimum atomic E-state index is -0.357. The molecule has 0 aromatic heterocycles. The highest BCUT2D eigenvalue weighted by Crippen LogP contribution is 2.32. The van der Waals surface area contributed by atoms with Gasteiger partial charge < -0.3 is 5.11 Å². The van der Waals surface area contributed by atoms with Crippen LogP contribution in [0.5, 0.6) is 0 Å². The van der Waals surface area contributed by atoms with E-state index >= 15 is 0 Å². The number of ketones is 2. The lowest BCUT2D eigenvalue weighted by atomic mass is 9.82. The maximum absolute atomic E-state index is 12.2. The average Bonchev–Trinajstić information content (AvgIpc) is 2.36. The molecule has 2 unspecified atom stereocenters. The Kier molecular flexibility index (Phi) is 3.64. The number of Topliss-reactive ketones (excluding diaryl/α,β-unsaturated/α-hetero) is 2. The molecule has 1 aromatic rings. The molecule has 2 rings (SSSR count). The lowest BCUT2D eigenvalue weighted by Crippen LogP contribution is -2.37. The number of rotatable bonds is 3. The van der Waals surface area contributed by atoms with Crippen LogP contribution in [0, 0.1) is 5.92 Å². The molecule has 0 aliphatic heterocycles. The zero-order valence-corrected chi connectivity index (χ0v) is 10.4. The molecular weight excluding hydrogens is 236 g/mol. The summed E-state index contributed by atoms with van der Waals surface area (Å²) in [6, 6.07) is 6.96. The van der Waals surface area contributed by atoms with Crippen LogP contribution in [0.4, 0.5) is 0 Å².